The van der Waals surface area contributed by atoms with Crippen molar-refractivity contribution in [1.82, 2.24) is 24.7 Å². The fourth-order valence-corrected chi connectivity index (χ4v) is 3.30. The van der Waals surface area contributed by atoms with Crippen LogP contribution in [0.25, 0.3) is 16.7 Å². The quantitative estimate of drug-likeness (QED) is 0.427. The Hall–Kier alpha value is -4.36. The molecule has 34 heavy (non-hydrogen) atoms. The van der Waals surface area contributed by atoms with Crippen LogP contribution in [0, 0.1) is 25.2 Å². The molecule has 0 aliphatic carbocycles. The number of nitrogens with one attached hydrogen (secondary N) is 1. The molecule has 0 saturated carbocycles. The molecular weight excluding hydrogens is 434 g/mol. The molecule has 0 aliphatic rings. The van der Waals surface area contributed by atoms with E-state index in [-0.39, 0.29) is 12.5 Å². The third-order valence-corrected chi connectivity index (χ3v) is 5.09. The first-order chi connectivity index (χ1) is 16.5. The van der Waals surface area contributed by atoms with E-state index in [0.29, 0.717) is 29.0 Å². The van der Waals surface area contributed by atoms with Crippen LogP contribution in [-0.2, 0) is 9.53 Å². The Morgan fingerprint density at radius 2 is 2.03 bits per heavy atom. The van der Waals surface area contributed by atoms with E-state index >= 15 is 0 Å². The Balaban J connectivity index is 1.62. The number of carbonyl (C=O) groups excluding carboxylic acids is 1. The van der Waals surface area contributed by atoms with Crippen molar-refractivity contribution in [3.05, 3.63) is 65.7 Å². The number of ether oxygens (including phenoxy) is 2. The minimum absolute atomic E-state index is 0.00916. The van der Waals surface area contributed by atoms with Gasteiger partial charge in [0.2, 0.25) is 12.0 Å². The maximum Gasteiger partial charge on any atom is 0.269 e. The van der Waals surface area contributed by atoms with Gasteiger partial charge >= 0.3 is 0 Å². The minimum atomic E-state index is -1.00. The van der Waals surface area contributed by atoms with Gasteiger partial charge in [-0.25, -0.2) is 19.6 Å². The summed E-state index contributed by atoms with van der Waals surface area (Å²) >= 11 is 0. The number of hydrogen-bond acceptors (Lipinski definition) is 8. The second-order valence-corrected chi connectivity index (χ2v) is 7.56. The minimum Gasteiger partial charge on any atom is -0.461 e. The summed E-state index contributed by atoms with van der Waals surface area (Å²) in [4.78, 5) is 25.6. The van der Waals surface area contributed by atoms with Gasteiger partial charge in [0.15, 0.2) is 5.65 Å². The summed E-state index contributed by atoms with van der Waals surface area (Å²) in [5.41, 5.74) is 3.99. The number of anilines is 1. The molecule has 4 rings (SSSR count). The Kier molecular flexibility index (Phi) is 6.75. The van der Waals surface area contributed by atoms with Crippen LogP contribution in [0.3, 0.4) is 0 Å². The molecule has 0 bridgehead atoms. The number of nitriles is 1. The van der Waals surface area contributed by atoms with E-state index in [1.54, 1.807) is 23.0 Å². The largest absolute Gasteiger partial charge is 0.461 e. The lowest BCUT2D eigenvalue weighted by Gasteiger charge is -2.18. The van der Waals surface area contributed by atoms with Crippen molar-refractivity contribution in [2.75, 3.05) is 18.5 Å². The molecule has 10 nitrogen and oxygen atoms in total. The van der Waals surface area contributed by atoms with Gasteiger partial charge in [0, 0.05) is 12.8 Å². The number of amides is 1. The lowest BCUT2D eigenvalue weighted by atomic mass is 10.1. The first-order valence-electron chi connectivity index (χ1n) is 10.7. The van der Waals surface area contributed by atoms with Gasteiger partial charge in [-0.2, -0.15) is 10.4 Å². The predicted octanol–water partition coefficient (Wildman–Crippen LogP) is 3.12. The Morgan fingerprint density at radius 3 is 2.76 bits per heavy atom. The van der Waals surface area contributed by atoms with Gasteiger partial charge in [-0.3, -0.25) is 4.79 Å². The molecular formula is C24H23N7O3. The number of hydrogen-bond donors (Lipinski definition) is 1. The van der Waals surface area contributed by atoms with Crippen molar-refractivity contribution in [3.63, 3.8) is 0 Å². The zero-order chi connectivity index (χ0) is 24.1. The molecule has 1 amide bonds. The second-order valence-electron chi connectivity index (χ2n) is 7.56. The van der Waals surface area contributed by atoms with Gasteiger partial charge < -0.3 is 14.8 Å². The molecule has 0 radical (unpaired) electrons. The van der Waals surface area contributed by atoms with Crippen LogP contribution >= 0.6 is 0 Å². The average Bonchev–Trinajstić information content (AvgIpc) is 3.28. The smallest absolute Gasteiger partial charge is 0.269 e. The van der Waals surface area contributed by atoms with Crippen LogP contribution in [0.4, 0.5) is 5.82 Å². The van der Waals surface area contributed by atoms with E-state index in [1.165, 1.54) is 12.5 Å². The zero-order valence-corrected chi connectivity index (χ0v) is 19.0. The first-order valence-corrected chi connectivity index (χ1v) is 10.7. The van der Waals surface area contributed by atoms with Crippen LogP contribution in [-0.4, -0.2) is 50.0 Å². The van der Waals surface area contributed by atoms with E-state index in [1.807, 2.05) is 45.0 Å². The van der Waals surface area contributed by atoms with E-state index in [2.05, 4.69) is 25.4 Å². The summed E-state index contributed by atoms with van der Waals surface area (Å²) in [5, 5.41) is 16.7. The molecule has 0 fully saturated rings. The van der Waals surface area contributed by atoms with E-state index in [4.69, 9.17) is 14.7 Å². The van der Waals surface area contributed by atoms with E-state index < -0.39 is 12.0 Å². The van der Waals surface area contributed by atoms with Crippen LogP contribution < -0.4 is 10.1 Å². The van der Waals surface area contributed by atoms with Crippen LogP contribution in [0.15, 0.2) is 49.1 Å². The molecule has 0 saturated heterocycles. The normalized spacial score (nSPS) is 11.7. The highest BCUT2D eigenvalue weighted by Gasteiger charge is 2.24. The van der Waals surface area contributed by atoms with Crippen LogP contribution in [0.2, 0.25) is 0 Å². The number of carbonyl (C=O) groups is 1. The molecule has 172 valence electrons. The number of nitrogens with zero attached hydrogens (tertiary/aromatic N) is 6. The molecule has 4 aromatic rings. The molecule has 1 atom stereocenters. The van der Waals surface area contributed by atoms with E-state index in [9.17, 15) is 4.79 Å². The maximum atomic E-state index is 12.9. The fraction of sp³-hybridized carbons (Fsp3) is 0.250. The van der Waals surface area contributed by atoms with Crippen molar-refractivity contribution in [2.45, 2.75) is 26.9 Å². The van der Waals surface area contributed by atoms with Crippen molar-refractivity contribution in [2.24, 2.45) is 0 Å². The van der Waals surface area contributed by atoms with E-state index in [0.717, 1.165) is 16.8 Å². The molecule has 3 heterocycles. The fourth-order valence-electron chi connectivity index (χ4n) is 3.30. The van der Waals surface area contributed by atoms with Crippen LogP contribution in [0.1, 0.15) is 23.6 Å². The van der Waals surface area contributed by atoms with Gasteiger partial charge in [0.25, 0.3) is 5.91 Å². The predicted molar refractivity (Wildman–Crippen MR) is 125 cm³/mol. The molecule has 1 N–H and O–H groups in total. The molecule has 10 heteroatoms. The highest BCUT2D eigenvalue weighted by molar-refractivity contribution is 5.94. The summed E-state index contributed by atoms with van der Waals surface area (Å²) in [5.74, 6) is 0.0539. The molecule has 1 aromatic carbocycles. The summed E-state index contributed by atoms with van der Waals surface area (Å²) in [6, 6.07) is 11.2. The standard InChI is InChI=1S/C24H23N7O3/c1-4-33-13-20(23(32)30-21-8-7-17(10-25)11-26-21)34-24-18-12-29-31(22(18)27-14-28-24)19-9-15(2)5-6-16(19)3/h5-9,11-12,14,20H,4,13H2,1-3H3,(H,26,30,32)/t20-/m0/s1. The lowest BCUT2D eigenvalue weighted by molar-refractivity contribution is -0.125. The zero-order valence-electron chi connectivity index (χ0n) is 19.0. The van der Waals surface area contributed by atoms with Crippen molar-refractivity contribution < 1.29 is 14.3 Å². The Bertz CT molecular complexity index is 1360. The van der Waals surface area contributed by atoms with Crippen molar-refractivity contribution >= 4 is 22.8 Å². The summed E-state index contributed by atoms with van der Waals surface area (Å²) in [6.45, 7) is 6.26. The lowest BCUT2D eigenvalue weighted by Crippen LogP contribution is -2.37. The number of pyridine rings is 1. The monoisotopic (exact) mass is 457 g/mol. The molecule has 0 aliphatic heterocycles. The maximum absolute atomic E-state index is 12.9. The number of rotatable bonds is 8. The Labute approximate surface area is 196 Å². The average molecular weight is 457 g/mol. The molecule has 3 aromatic heterocycles. The Morgan fingerprint density at radius 1 is 1.18 bits per heavy atom. The summed E-state index contributed by atoms with van der Waals surface area (Å²) in [7, 11) is 0. The van der Waals surface area contributed by atoms with Gasteiger partial charge in [-0.05, 0) is 50.1 Å². The topological polar surface area (TPSA) is 128 Å². The molecule has 0 unspecified atom stereocenters. The second kappa shape index (κ2) is 10.1. The van der Waals surface area contributed by atoms with Crippen molar-refractivity contribution in [3.8, 4) is 17.6 Å². The number of fused-ring (bicyclic) bond motifs is 1. The van der Waals surface area contributed by atoms with Gasteiger partial charge in [-0.1, -0.05) is 12.1 Å². The summed E-state index contributed by atoms with van der Waals surface area (Å²) < 4.78 is 13.2. The third-order valence-electron chi connectivity index (χ3n) is 5.09. The van der Waals surface area contributed by atoms with Gasteiger partial charge in [0.05, 0.1) is 24.1 Å². The highest BCUT2D eigenvalue weighted by atomic mass is 16.5. The number of benzene rings is 1. The summed E-state index contributed by atoms with van der Waals surface area (Å²) in [6.07, 6.45) is 3.37. The number of aromatic nitrogens is 5. The SMILES string of the molecule is CCOC[C@H](Oc1ncnc2c1cnn2-c1cc(C)ccc1C)C(=O)Nc1ccc(C#N)cn1. The highest BCUT2D eigenvalue weighted by Crippen LogP contribution is 2.26. The van der Waals surface area contributed by atoms with Crippen molar-refractivity contribution in [1.29, 1.82) is 5.26 Å². The third kappa shape index (κ3) is 4.84. The van der Waals surface area contributed by atoms with Gasteiger partial charge in [0.1, 0.15) is 23.6 Å². The molecule has 0 spiro atoms. The first kappa shape index (κ1) is 22.8. The van der Waals surface area contributed by atoms with Crippen LogP contribution in [0.5, 0.6) is 5.88 Å². The number of aryl methyl sites for hydroxylation is 2. The van der Waals surface area contributed by atoms with Gasteiger partial charge in [-0.15, -0.1) is 0 Å².